The van der Waals surface area contributed by atoms with Gasteiger partial charge in [-0.3, -0.25) is 14.9 Å². The molecule has 8 heteroatoms. The topological polar surface area (TPSA) is 80.1 Å². The Morgan fingerprint density at radius 1 is 1.03 bits per heavy atom. The summed E-state index contributed by atoms with van der Waals surface area (Å²) in [6.45, 7) is 1.79. The molecule has 2 aliphatic rings. The van der Waals surface area contributed by atoms with Gasteiger partial charge in [0.1, 0.15) is 12.9 Å². The van der Waals surface area contributed by atoms with E-state index < -0.39 is 0 Å². The van der Waals surface area contributed by atoms with Gasteiger partial charge in [-0.25, -0.2) is 9.67 Å². The maximum atomic E-state index is 12.4. The number of likely N-dealkylation sites (tertiary alicyclic amines) is 1. The number of nitrogens with one attached hydrogen (secondary N) is 1. The summed E-state index contributed by atoms with van der Waals surface area (Å²) in [5, 5.41) is 6.95. The lowest BCUT2D eigenvalue weighted by atomic mass is 10.1. The third-order valence-electron chi connectivity index (χ3n) is 5.48. The van der Waals surface area contributed by atoms with E-state index >= 15 is 0 Å². The molecular weight excluding hydrogens is 386 g/mol. The van der Waals surface area contributed by atoms with Gasteiger partial charge >= 0.3 is 0 Å². The van der Waals surface area contributed by atoms with E-state index in [1.54, 1.807) is 0 Å². The lowest BCUT2D eigenvalue weighted by Crippen LogP contribution is -2.34. The normalized spacial score (nSPS) is 16.3. The lowest BCUT2D eigenvalue weighted by molar-refractivity contribution is -0.132. The maximum Gasteiger partial charge on any atom is 0.248 e. The predicted octanol–water partition coefficient (Wildman–Crippen LogP) is 2.90. The van der Waals surface area contributed by atoms with Crippen LogP contribution in [0.5, 0.6) is 0 Å². The van der Waals surface area contributed by atoms with E-state index in [4.69, 9.17) is 0 Å². The number of amides is 2. The summed E-state index contributed by atoms with van der Waals surface area (Å²) in [7, 11) is 0. The van der Waals surface area contributed by atoms with Crippen molar-refractivity contribution in [2.24, 2.45) is 0 Å². The average molecular weight is 414 g/mol. The van der Waals surface area contributed by atoms with Gasteiger partial charge in [-0.1, -0.05) is 18.9 Å². The number of benzene rings is 1. The van der Waals surface area contributed by atoms with Gasteiger partial charge in [0, 0.05) is 18.0 Å². The van der Waals surface area contributed by atoms with Gasteiger partial charge in [0.05, 0.1) is 5.75 Å². The third-order valence-corrected chi connectivity index (χ3v) is 6.48. The van der Waals surface area contributed by atoms with Crippen molar-refractivity contribution >= 4 is 29.5 Å². The van der Waals surface area contributed by atoms with Crippen LogP contribution in [0.2, 0.25) is 0 Å². The van der Waals surface area contributed by atoms with Crippen LogP contribution < -0.4 is 5.32 Å². The molecule has 1 aliphatic carbocycles. The second-order valence-corrected chi connectivity index (χ2v) is 8.73. The van der Waals surface area contributed by atoms with Gasteiger partial charge in [0.2, 0.25) is 17.8 Å². The van der Waals surface area contributed by atoms with Crippen LogP contribution in [0.15, 0.2) is 29.4 Å². The van der Waals surface area contributed by atoms with E-state index in [0.29, 0.717) is 5.75 Å². The van der Waals surface area contributed by atoms with Crippen LogP contribution in [0.1, 0.15) is 43.2 Å². The smallest absolute Gasteiger partial charge is 0.248 e. The average Bonchev–Trinajstić information content (AvgIpc) is 3.27. The zero-order valence-electron chi connectivity index (χ0n) is 16.6. The molecule has 0 radical (unpaired) electrons. The fraction of sp³-hybridized carbons (Fsp3) is 0.524. The van der Waals surface area contributed by atoms with Crippen molar-refractivity contribution in [2.45, 2.75) is 56.4 Å². The molecule has 4 rings (SSSR count). The van der Waals surface area contributed by atoms with Gasteiger partial charge in [-0.2, -0.15) is 0 Å². The molecular formula is C21H27N5O2S. The maximum absolute atomic E-state index is 12.4. The first-order valence-electron chi connectivity index (χ1n) is 10.4. The van der Waals surface area contributed by atoms with Crippen molar-refractivity contribution in [3.05, 3.63) is 35.7 Å². The Kier molecular flexibility index (Phi) is 6.49. The Morgan fingerprint density at radius 3 is 2.66 bits per heavy atom. The molecule has 1 aromatic heterocycles. The van der Waals surface area contributed by atoms with Gasteiger partial charge in [0.25, 0.3) is 0 Å². The highest BCUT2D eigenvalue weighted by Gasteiger charge is 2.17. The second kappa shape index (κ2) is 9.43. The number of hydrogen-bond donors (Lipinski definition) is 1. The van der Waals surface area contributed by atoms with Gasteiger partial charge < -0.3 is 4.90 Å². The summed E-state index contributed by atoms with van der Waals surface area (Å²) in [6.07, 6.45) is 9.51. The Labute approximate surface area is 175 Å². The molecule has 7 nitrogen and oxygen atoms in total. The van der Waals surface area contributed by atoms with Crippen molar-refractivity contribution in [1.29, 1.82) is 0 Å². The van der Waals surface area contributed by atoms with Gasteiger partial charge in [-0.15, -0.1) is 16.9 Å². The highest BCUT2D eigenvalue weighted by Crippen LogP contribution is 2.27. The minimum absolute atomic E-state index is 0.0573. The fourth-order valence-corrected chi connectivity index (χ4v) is 4.69. The van der Waals surface area contributed by atoms with E-state index in [2.05, 4.69) is 33.6 Å². The molecule has 0 spiro atoms. The fourth-order valence-electron chi connectivity index (χ4n) is 3.93. The van der Waals surface area contributed by atoms with Crippen molar-refractivity contribution in [3.63, 3.8) is 0 Å². The highest BCUT2D eigenvalue weighted by atomic mass is 32.2. The summed E-state index contributed by atoms with van der Waals surface area (Å²) >= 11 is 1.52. The number of rotatable bonds is 6. The zero-order chi connectivity index (χ0) is 20.1. The van der Waals surface area contributed by atoms with Crippen LogP contribution in [0, 0.1) is 0 Å². The minimum atomic E-state index is -0.146. The zero-order valence-corrected chi connectivity index (χ0v) is 17.4. The summed E-state index contributed by atoms with van der Waals surface area (Å²) in [5.74, 6) is 0.460. The summed E-state index contributed by atoms with van der Waals surface area (Å²) in [5.41, 5.74) is 2.84. The Bertz CT molecular complexity index is 874. The predicted molar refractivity (Wildman–Crippen MR) is 113 cm³/mol. The molecule has 2 aromatic rings. The number of fused-ring (bicyclic) bond motifs is 1. The molecule has 154 valence electrons. The highest BCUT2D eigenvalue weighted by molar-refractivity contribution is 8.00. The van der Waals surface area contributed by atoms with Crippen LogP contribution in [-0.2, 0) is 29.0 Å². The molecule has 1 fully saturated rings. The molecule has 29 heavy (non-hydrogen) atoms. The molecule has 0 saturated carbocycles. The van der Waals surface area contributed by atoms with Crippen LogP contribution >= 0.6 is 11.8 Å². The molecule has 0 unspecified atom stereocenters. The first kappa shape index (κ1) is 19.9. The summed E-state index contributed by atoms with van der Waals surface area (Å²) < 4.78 is 1.50. The van der Waals surface area contributed by atoms with Crippen LogP contribution in [-0.4, -0.2) is 50.3 Å². The quantitative estimate of drug-likeness (QED) is 0.737. The summed E-state index contributed by atoms with van der Waals surface area (Å²) in [4.78, 5) is 31.8. The molecule has 2 amide bonds. The number of carbonyl (C=O) groups is 2. The molecule has 1 aliphatic heterocycles. The largest absolute Gasteiger partial charge is 0.341 e. The molecule has 1 N–H and O–H groups in total. The number of carbonyl (C=O) groups excluding carboxylic acids is 2. The van der Waals surface area contributed by atoms with Crippen molar-refractivity contribution in [3.8, 4) is 0 Å². The standard InChI is InChI=1S/C21H27N5O2S/c27-19(14-29-18-9-8-16-6-5-7-17(16)12-18)23-21-22-15-26(24-21)13-20(28)25-10-3-1-2-4-11-25/h8-9,12,15H,1-7,10-11,13-14H2,(H,23,24,27). The van der Waals surface area contributed by atoms with E-state index in [0.717, 1.165) is 43.7 Å². The second-order valence-electron chi connectivity index (χ2n) is 7.68. The molecule has 0 bridgehead atoms. The van der Waals surface area contributed by atoms with E-state index in [-0.39, 0.29) is 24.3 Å². The first-order chi connectivity index (χ1) is 14.2. The van der Waals surface area contributed by atoms with E-state index in [9.17, 15) is 9.59 Å². The number of thioether (sulfide) groups is 1. The van der Waals surface area contributed by atoms with Crippen molar-refractivity contribution in [1.82, 2.24) is 19.7 Å². The number of anilines is 1. The Morgan fingerprint density at radius 2 is 1.83 bits per heavy atom. The number of aromatic nitrogens is 3. The number of aryl methyl sites for hydroxylation is 2. The van der Waals surface area contributed by atoms with Crippen LogP contribution in [0.4, 0.5) is 5.95 Å². The van der Waals surface area contributed by atoms with Gasteiger partial charge in [0.15, 0.2) is 0 Å². The van der Waals surface area contributed by atoms with Crippen LogP contribution in [0.3, 0.4) is 0 Å². The Balaban J connectivity index is 1.25. The van der Waals surface area contributed by atoms with E-state index in [1.165, 1.54) is 53.2 Å². The molecule has 1 saturated heterocycles. The van der Waals surface area contributed by atoms with Crippen LogP contribution in [0.25, 0.3) is 0 Å². The monoisotopic (exact) mass is 413 g/mol. The lowest BCUT2D eigenvalue weighted by Gasteiger charge is -2.19. The third kappa shape index (κ3) is 5.38. The first-order valence-corrected chi connectivity index (χ1v) is 11.4. The van der Waals surface area contributed by atoms with Crippen molar-refractivity contribution in [2.75, 3.05) is 24.2 Å². The van der Waals surface area contributed by atoms with E-state index in [1.807, 2.05) is 4.90 Å². The molecule has 0 atom stereocenters. The van der Waals surface area contributed by atoms with Gasteiger partial charge in [-0.05, 0) is 55.4 Å². The Hall–Kier alpha value is -2.35. The molecule has 1 aromatic carbocycles. The minimum Gasteiger partial charge on any atom is -0.341 e. The SMILES string of the molecule is O=C(CSc1ccc2c(c1)CCC2)Nc1ncn(CC(=O)N2CCCCCC2)n1. The summed E-state index contributed by atoms with van der Waals surface area (Å²) in [6, 6.07) is 6.46. The molecule has 2 heterocycles. The number of nitrogens with zero attached hydrogens (tertiary/aromatic N) is 4. The van der Waals surface area contributed by atoms with Crippen molar-refractivity contribution < 1.29 is 9.59 Å². The number of hydrogen-bond acceptors (Lipinski definition) is 5.